The summed E-state index contributed by atoms with van der Waals surface area (Å²) in [4.78, 5) is 14.1. The Kier molecular flexibility index (Phi) is 6.49. The lowest BCUT2D eigenvalue weighted by Gasteiger charge is -2.10. The fraction of sp³-hybridized carbons (Fsp3) is 0.296. The van der Waals surface area contributed by atoms with Gasteiger partial charge in [-0.1, -0.05) is 19.1 Å². The molecule has 1 aliphatic rings. The van der Waals surface area contributed by atoms with Gasteiger partial charge in [0.2, 0.25) is 0 Å². The van der Waals surface area contributed by atoms with Crippen molar-refractivity contribution in [3.05, 3.63) is 74.4 Å². The van der Waals surface area contributed by atoms with Crippen LogP contribution in [0.2, 0.25) is 0 Å². The first kappa shape index (κ1) is 22.6. The van der Waals surface area contributed by atoms with Crippen molar-refractivity contribution >= 4 is 28.3 Å². The molecule has 0 saturated carbocycles. The number of carbonyl (C=O) groups is 1. The molecule has 1 amide bonds. The molecule has 0 unspecified atom stereocenters. The van der Waals surface area contributed by atoms with Gasteiger partial charge >= 0.3 is 0 Å². The molecule has 0 fully saturated rings. The van der Waals surface area contributed by atoms with Crippen LogP contribution in [0.3, 0.4) is 0 Å². The number of fused-ring (bicyclic) bond motifs is 1. The van der Waals surface area contributed by atoms with Crippen molar-refractivity contribution in [3.63, 3.8) is 0 Å². The summed E-state index contributed by atoms with van der Waals surface area (Å²) in [5.74, 6) is -0.482. The zero-order valence-corrected chi connectivity index (χ0v) is 20.0. The summed E-state index contributed by atoms with van der Waals surface area (Å²) in [6.07, 6.45) is 6.60. The molecule has 2 aromatic heterocycles. The molecule has 0 aliphatic heterocycles. The highest BCUT2D eigenvalue weighted by atomic mass is 32.1. The average molecular weight is 455 g/mol. The molecule has 166 valence electrons. The highest BCUT2D eigenvalue weighted by Gasteiger charge is 2.23. The Morgan fingerprint density at radius 1 is 1.18 bits per heavy atom. The van der Waals surface area contributed by atoms with Gasteiger partial charge in [-0.05, 0) is 86.9 Å². The van der Waals surface area contributed by atoms with Gasteiger partial charge in [0.15, 0.2) is 0 Å². The zero-order valence-electron chi connectivity index (χ0n) is 19.2. The largest absolute Gasteiger partial charge is 0.318 e. The molecule has 0 atom stereocenters. The van der Waals surface area contributed by atoms with E-state index in [1.807, 2.05) is 26.0 Å². The average Bonchev–Trinajstić information content (AvgIpc) is 3.32. The number of carbonyl (C=O) groups excluding carboxylic acids is 1. The number of benzene rings is 1. The fourth-order valence-corrected chi connectivity index (χ4v) is 5.69. The third kappa shape index (κ3) is 4.35. The quantitative estimate of drug-likeness (QED) is 0.378. The molecule has 1 aromatic carbocycles. The highest BCUT2D eigenvalue weighted by Crippen LogP contribution is 2.37. The first-order valence-electron chi connectivity index (χ1n) is 11.2. The molecular formula is C27H26N4OS. The molecule has 2 heterocycles. The number of nitriles is 2. The minimum atomic E-state index is -0.482. The topological polar surface area (TPSA) is 81.6 Å². The van der Waals surface area contributed by atoms with Crippen LogP contribution in [0.4, 0.5) is 5.00 Å². The van der Waals surface area contributed by atoms with Crippen LogP contribution >= 0.6 is 11.3 Å². The molecular weight excluding hydrogens is 428 g/mol. The van der Waals surface area contributed by atoms with Crippen molar-refractivity contribution in [2.24, 2.45) is 0 Å². The van der Waals surface area contributed by atoms with Gasteiger partial charge in [-0.15, -0.1) is 11.3 Å². The third-order valence-corrected chi connectivity index (χ3v) is 7.46. The molecule has 0 bridgehead atoms. The van der Waals surface area contributed by atoms with Crippen LogP contribution in [0.25, 0.3) is 11.8 Å². The molecule has 33 heavy (non-hydrogen) atoms. The minimum absolute atomic E-state index is 0.0202. The maximum Gasteiger partial charge on any atom is 0.266 e. The Balaban J connectivity index is 1.63. The summed E-state index contributed by atoms with van der Waals surface area (Å²) in [5, 5.41) is 22.7. The summed E-state index contributed by atoms with van der Waals surface area (Å²) in [6, 6.07) is 14.7. The predicted octanol–water partition coefficient (Wildman–Crippen LogP) is 6.01. The lowest BCUT2D eigenvalue weighted by Crippen LogP contribution is -2.13. The van der Waals surface area contributed by atoms with Gasteiger partial charge in [0.1, 0.15) is 22.7 Å². The van der Waals surface area contributed by atoms with Crippen LogP contribution < -0.4 is 5.32 Å². The number of nitrogens with zero attached hydrogens (tertiary/aromatic N) is 3. The monoisotopic (exact) mass is 454 g/mol. The second-order valence-corrected chi connectivity index (χ2v) is 9.44. The summed E-state index contributed by atoms with van der Waals surface area (Å²) in [5.41, 5.74) is 6.76. The highest BCUT2D eigenvalue weighted by molar-refractivity contribution is 7.16. The standard InChI is InChI=1S/C27H26N4OS/c1-4-19-9-11-22(12-10-19)31-17(2)13-20(18(31)3)14-21(15-28)26(32)30-27-24(16-29)23-7-5-6-8-25(23)33-27/h9-14H,4-8H2,1-3H3,(H,30,32)/b21-14+. The van der Waals surface area contributed by atoms with Gasteiger partial charge in [0, 0.05) is 22.0 Å². The second-order valence-electron chi connectivity index (χ2n) is 8.33. The minimum Gasteiger partial charge on any atom is -0.318 e. The number of anilines is 1. The van der Waals surface area contributed by atoms with E-state index in [0.717, 1.165) is 60.3 Å². The normalized spacial score (nSPS) is 13.2. The summed E-state index contributed by atoms with van der Waals surface area (Å²) in [7, 11) is 0. The van der Waals surface area contributed by atoms with Gasteiger partial charge < -0.3 is 9.88 Å². The first-order chi connectivity index (χ1) is 16.0. The maximum absolute atomic E-state index is 13.0. The predicted molar refractivity (Wildman–Crippen MR) is 133 cm³/mol. The Hall–Kier alpha value is -3.61. The zero-order chi connectivity index (χ0) is 23.5. The SMILES string of the molecule is CCc1ccc(-n2c(C)cc(/C=C(\C#N)C(=O)Nc3sc4c(c3C#N)CCCC4)c2C)cc1. The number of aromatic nitrogens is 1. The van der Waals surface area contributed by atoms with Crippen LogP contribution in [-0.4, -0.2) is 10.5 Å². The van der Waals surface area contributed by atoms with Gasteiger partial charge in [0.25, 0.3) is 5.91 Å². The van der Waals surface area contributed by atoms with Crippen LogP contribution in [0.5, 0.6) is 0 Å². The van der Waals surface area contributed by atoms with Crippen molar-refractivity contribution in [2.75, 3.05) is 5.32 Å². The second kappa shape index (κ2) is 9.48. The maximum atomic E-state index is 13.0. The van der Waals surface area contributed by atoms with E-state index in [4.69, 9.17) is 0 Å². The number of amides is 1. The Morgan fingerprint density at radius 3 is 2.58 bits per heavy atom. The number of hydrogen-bond acceptors (Lipinski definition) is 4. The Labute approximate surface area is 198 Å². The summed E-state index contributed by atoms with van der Waals surface area (Å²) < 4.78 is 2.12. The molecule has 0 saturated heterocycles. The fourth-order valence-electron chi connectivity index (χ4n) is 4.46. The first-order valence-corrected chi connectivity index (χ1v) is 12.0. The van der Waals surface area contributed by atoms with Crippen molar-refractivity contribution in [1.29, 1.82) is 10.5 Å². The number of hydrogen-bond donors (Lipinski definition) is 1. The number of aryl methyl sites for hydroxylation is 3. The third-order valence-electron chi connectivity index (χ3n) is 6.25. The molecule has 4 rings (SSSR count). The molecule has 1 N–H and O–H groups in total. The van der Waals surface area contributed by atoms with Crippen molar-refractivity contribution in [2.45, 2.75) is 52.9 Å². The van der Waals surface area contributed by atoms with Crippen LogP contribution in [-0.2, 0) is 24.1 Å². The number of rotatable bonds is 5. The van der Waals surface area contributed by atoms with Crippen LogP contribution in [0.15, 0.2) is 35.9 Å². The van der Waals surface area contributed by atoms with Crippen LogP contribution in [0.1, 0.15) is 58.3 Å². The van der Waals surface area contributed by atoms with Crippen molar-refractivity contribution in [1.82, 2.24) is 4.57 Å². The van der Waals surface area contributed by atoms with E-state index in [1.54, 1.807) is 6.08 Å². The lowest BCUT2D eigenvalue weighted by molar-refractivity contribution is -0.112. The molecule has 5 nitrogen and oxygen atoms in total. The lowest BCUT2D eigenvalue weighted by atomic mass is 9.96. The van der Waals surface area contributed by atoms with Gasteiger partial charge in [-0.25, -0.2) is 0 Å². The molecule has 1 aliphatic carbocycles. The van der Waals surface area contributed by atoms with Crippen molar-refractivity contribution in [3.8, 4) is 17.8 Å². The van der Waals surface area contributed by atoms with Gasteiger partial charge in [-0.2, -0.15) is 10.5 Å². The molecule has 0 spiro atoms. The smallest absolute Gasteiger partial charge is 0.266 e. The van der Waals surface area contributed by atoms with E-state index < -0.39 is 5.91 Å². The molecule has 3 aromatic rings. The van der Waals surface area contributed by atoms with E-state index in [1.165, 1.54) is 21.8 Å². The summed E-state index contributed by atoms with van der Waals surface area (Å²) in [6.45, 7) is 6.13. The van der Waals surface area contributed by atoms with E-state index >= 15 is 0 Å². The number of nitrogens with one attached hydrogen (secondary N) is 1. The summed E-state index contributed by atoms with van der Waals surface area (Å²) >= 11 is 1.46. The Bertz CT molecular complexity index is 1330. The van der Waals surface area contributed by atoms with E-state index in [-0.39, 0.29) is 5.57 Å². The number of thiophene rings is 1. The Morgan fingerprint density at radius 2 is 1.91 bits per heavy atom. The van der Waals surface area contributed by atoms with Crippen LogP contribution in [0, 0.1) is 36.5 Å². The van der Waals surface area contributed by atoms with E-state index in [2.05, 4.69) is 47.1 Å². The van der Waals surface area contributed by atoms with Gasteiger partial charge in [-0.3, -0.25) is 4.79 Å². The van der Waals surface area contributed by atoms with E-state index in [9.17, 15) is 15.3 Å². The van der Waals surface area contributed by atoms with Crippen molar-refractivity contribution < 1.29 is 4.79 Å². The van der Waals surface area contributed by atoms with E-state index in [0.29, 0.717) is 10.6 Å². The molecule has 0 radical (unpaired) electrons. The molecule has 6 heteroatoms. The van der Waals surface area contributed by atoms with Gasteiger partial charge in [0.05, 0.1) is 5.56 Å².